The number of rotatable bonds is 3. The highest BCUT2D eigenvalue weighted by Crippen LogP contribution is 2.33. The first-order valence-electron chi connectivity index (χ1n) is 3.81. The first-order valence-corrected chi connectivity index (χ1v) is 4.19. The molecule has 6 heteroatoms. The number of alkyl halides is 2. The van der Waals surface area contributed by atoms with Crippen molar-refractivity contribution in [3.8, 4) is 5.75 Å². The summed E-state index contributed by atoms with van der Waals surface area (Å²) in [7, 11) is 1.36. The summed E-state index contributed by atoms with van der Waals surface area (Å²) in [5, 5.41) is -0.235. The molecule has 1 aromatic heterocycles. The number of aromatic nitrogens is 1. The predicted molar refractivity (Wildman–Crippen MR) is 48.6 cm³/mol. The summed E-state index contributed by atoms with van der Waals surface area (Å²) in [4.78, 5) is 3.58. The molecular weight excluding hydrogens is 214 g/mol. The van der Waals surface area contributed by atoms with E-state index in [2.05, 4.69) is 4.98 Å². The summed E-state index contributed by atoms with van der Waals surface area (Å²) in [6, 6.07) is 0. The van der Waals surface area contributed by atoms with Gasteiger partial charge in [-0.05, 0) is 0 Å². The highest BCUT2D eigenvalue weighted by atomic mass is 35.5. The number of nitrogens with zero attached hydrogens (tertiary/aromatic N) is 1. The third-order valence-corrected chi connectivity index (χ3v) is 2.08. The SMILES string of the molecule is COc1cnc(Cl)c(C(F)F)c1CN. The molecule has 1 heterocycles. The van der Waals surface area contributed by atoms with Crippen molar-refractivity contribution in [2.45, 2.75) is 13.0 Å². The van der Waals surface area contributed by atoms with Gasteiger partial charge < -0.3 is 10.5 Å². The molecule has 1 rings (SSSR count). The van der Waals surface area contributed by atoms with Crippen LogP contribution in [0.2, 0.25) is 5.15 Å². The van der Waals surface area contributed by atoms with Crippen molar-refractivity contribution >= 4 is 11.6 Å². The van der Waals surface area contributed by atoms with Gasteiger partial charge in [0.2, 0.25) is 0 Å². The van der Waals surface area contributed by atoms with Gasteiger partial charge in [-0.25, -0.2) is 13.8 Å². The van der Waals surface area contributed by atoms with Crippen molar-refractivity contribution in [1.82, 2.24) is 4.98 Å². The number of pyridine rings is 1. The third-order valence-electron chi connectivity index (χ3n) is 1.78. The van der Waals surface area contributed by atoms with Crippen molar-refractivity contribution in [3.05, 3.63) is 22.5 Å². The van der Waals surface area contributed by atoms with Crippen LogP contribution in [0.1, 0.15) is 17.6 Å². The molecule has 2 N–H and O–H groups in total. The number of hydrogen-bond acceptors (Lipinski definition) is 3. The van der Waals surface area contributed by atoms with Gasteiger partial charge in [-0.1, -0.05) is 11.6 Å². The van der Waals surface area contributed by atoms with E-state index in [1.807, 2.05) is 0 Å². The van der Waals surface area contributed by atoms with Crippen LogP contribution < -0.4 is 10.5 Å². The van der Waals surface area contributed by atoms with Crippen LogP contribution in [-0.2, 0) is 6.54 Å². The van der Waals surface area contributed by atoms with Crippen molar-refractivity contribution in [3.63, 3.8) is 0 Å². The second kappa shape index (κ2) is 4.52. The van der Waals surface area contributed by atoms with Gasteiger partial charge in [0, 0.05) is 12.1 Å². The maximum atomic E-state index is 12.6. The van der Waals surface area contributed by atoms with E-state index >= 15 is 0 Å². The summed E-state index contributed by atoms with van der Waals surface area (Å²) in [6.07, 6.45) is -1.43. The van der Waals surface area contributed by atoms with Crippen LogP contribution in [-0.4, -0.2) is 12.1 Å². The lowest BCUT2D eigenvalue weighted by Crippen LogP contribution is -2.06. The number of hydrogen-bond donors (Lipinski definition) is 1. The maximum absolute atomic E-state index is 12.6. The van der Waals surface area contributed by atoms with Gasteiger partial charge in [-0.3, -0.25) is 0 Å². The molecule has 14 heavy (non-hydrogen) atoms. The predicted octanol–water partition coefficient (Wildman–Crippen LogP) is 2.14. The van der Waals surface area contributed by atoms with Crippen molar-refractivity contribution in [2.75, 3.05) is 7.11 Å². The highest BCUT2D eigenvalue weighted by Gasteiger charge is 2.20. The van der Waals surface area contributed by atoms with E-state index in [0.717, 1.165) is 0 Å². The van der Waals surface area contributed by atoms with Gasteiger partial charge in [0.1, 0.15) is 10.9 Å². The topological polar surface area (TPSA) is 48.1 Å². The Bertz CT molecular complexity index is 333. The zero-order valence-electron chi connectivity index (χ0n) is 7.43. The molecule has 0 aliphatic heterocycles. The van der Waals surface area contributed by atoms with E-state index in [9.17, 15) is 8.78 Å². The molecule has 0 radical (unpaired) electrons. The fourth-order valence-corrected chi connectivity index (χ4v) is 1.37. The van der Waals surface area contributed by atoms with Gasteiger partial charge in [0.25, 0.3) is 6.43 Å². The fourth-order valence-electron chi connectivity index (χ4n) is 1.13. The quantitative estimate of drug-likeness (QED) is 0.798. The molecule has 0 spiro atoms. The van der Waals surface area contributed by atoms with E-state index in [1.165, 1.54) is 13.3 Å². The number of nitrogens with two attached hydrogens (primary N) is 1. The minimum atomic E-state index is -2.70. The second-order valence-corrected chi connectivity index (χ2v) is 2.87. The van der Waals surface area contributed by atoms with Crippen LogP contribution in [0.25, 0.3) is 0 Å². The Morgan fingerprint density at radius 3 is 2.71 bits per heavy atom. The molecule has 0 atom stereocenters. The van der Waals surface area contributed by atoms with Gasteiger partial charge >= 0.3 is 0 Å². The molecule has 0 aliphatic rings. The van der Waals surface area contributed by atoms with Crippen molar-refractivity contribution in [1.29, 1.82) is 0 Å². The molecule has 0 saturated heterocycles. The van der Waals surface area contributed by atoms with Crippen LogP contribution in [0.15, 0.2) is 6.20 Å². The van der Waals surface area contributed by atoms with Crippen molar-refractivity contribution < 1.29 is 13.5 Å². The van der Waals surface area contributed by atoms with Crippen LogP contribution >= 0.6 is 11.6 Å². The Labute approximate surface area is 84.8 Å². The average molecular weight is 223 g/mol. The van der Waals surface area contributed by atoms with E-state index < -0.39 is 6.43 Å². The van der Waals surface area contributed by atoms with Gasteiger partial charge in [0.15, 0.2) is 0 Å². The largest absolute Gasteiger partial charge is 0.495 e. The molecule has 0 bridgehead atoms. The normalized spacial score (nSPS) is 10.7. The summed E-state index contributed by atoms with van der Waals surface area (Å²) in [6.45, 7) is -0.0644. The Balaban J connectivity index is 3.35. The Hall–Kier alpha value is -0.940. The monoisotopic (exact) mass is 222 g/mol. The van der Waals surface area contributed by atoms with Gasteiger partial charge in [-0.2, -0.15) is 0 Å². The lowest BCUT2D eigenvalue weighted by atomic mass is 10.1. The average Bonchev–Trinajstić information content (AvgIpc) is 2.16. The van der Waals surface area contributed by atoms with E-state index in [0.29, 0.717) is 0 Å². The molecule has 78 valence electrons. The molecule has 0 fully saturated rings. The molecule has 0 aromatic carbocycles. The summed E-state index contributed by atoms with van der Waals surface area (Å²) in [5.41, 5.74) is 5.18. The number of halogens is 3. The van der Waals surface area contributed by atoms with Crippen LogP contribution in [0.5, 0.6) is 5.75 Å². The van der Waals surface area contributed by atoms with Crippen LogP contribution in [0.3, 0.4) is 0 Å². The van der Waals surface area contributed by atoms with Crippen molar-refractivity contribution in [2.24, 2.45) is 5.73 Å². The van der Waals surface area contributed by atoms with Gasteiger partial charge in [0.05, 0.1) is 18.9 Å². The maximum Gasteiger partial charge on any atom is 0.267 e. The standard InChI is InChI=1S/C8H9ClF2N2O/c1-14-5-3-13-7(9)6(8(10)11)4(5)2-12/h3,8H,2,12H2,1H3. The minimum absolute atomic E-state index is 0.0644. The Kier molecular flexibility index (Phi) is 3.60. The molecule has 3 nitrogen and oxygen atoms in total. The van der Waals surface area contributed by atoms with E-state index in [4.69, 9.17) is 22.1 Å². The first kappa shape index (κ1) is 11.1. The number of ether oxygens (including phenoxy) is 1. The van der Waals surface area contributed by atoms with E-state index in [1.54, 1.807) is 0 Å². The summed E-state index contributed by atoms with van der Waals surface area (Å²) >= 11 is 5.53. The molecular formula is C8H9ClF2N2O. The van der Waals surface area contributed by atoms with Crippen LogP contribution in [0.4, 0.5) is 8.78 Å². The minimum Gasteiger partial charge on any atom is -0.495 e. The molecule has 0 amide bonds. The lowest BCUT2D eigenvalue weighted by Gasteiger charge is -2.12. The summed E-state index contributed by atoms with van der Waals surface area (Å²) < 4.78 is 30.0. The lowest BCUT2D eigenvalue weighted by molar-refractivity contribution is 0.149. The number of methoxy groups -OCH3 is 1. The van der Waals surface area contributed by atoms with Gasteiger partial charge in [-0.15, -0.1) is 0 Å². The molecule has 0 saturated carbocycles. The van der Waals surface area contributed by atoms with Crippen LogP contribution in [0, 0.1) is 0 Å². The third kappa shape index (κ3) is 1.93. The first-order chi connectivity index (χ1) is 6.61. The molecule has 1 aromatic rings. The fraction of sp³-hybridized carbons (Fsp3) is 0.375. The summed E-state index contributed by atoms with van der Waals surface area (Å²) in [5.74, 6) is 0.229. The molecule has 0 aliphatic carbocycles. The highest BCUT2D eigenvalue weighted by molar-refractivity contribution is 6.30. The second-order valence-electron chi connectivity index (χ2n) is 2.51. The zero-order valence-corrected chi connectivity index (χ0v) is 8.18. The Morgan fingerprint density at radius 2 is 2.29 bits per heavy atom. The Morgan fingerprint density at radius 1 is 1.64 bits per heavy atom. The van der Waals surface area contributed by atoms with E-state index in [-0.39, 0.29) is 28.6 Å². The smallest absolute Gasteiger partial charge is 0.267 e. The zero-order chi connectivity index (χ0) is 10.7. The molecule has 0 unspecified atom stereocenters.